The van der Waals surface area contributed by atoms with E-state index >= 15 is 4.39 Å². The maximum absolute atomic E-state index is 16.8. The molecule has 4 N–H and O–H groups in total. The van der Waals surface area contributed by atoms with Gasteiger partial charge >= 0.3 is 13.4 Å². The Labute approximate surface area is 369 Å². The van der Waals surface area contributed by atoms with Crippen molar-refractivity contribution < 1.29 is 51.0 Å². The van der Waals surface area contributed by atoms with Gasteiger partial charge in [0.25, 0.3) is 11.5 Å². The van der Waals surface area contributed by atoms with Gasteiger partial charge in [0.1, 0.15) is 24.6 Å². The van der Waals surface area contributed by atoms with E-state index in [0.717, 1.165) is 6.33 Å². The Hall–Kier alpha value is -5.23. The number of nitriles is 1. The highest BCUT2D eigenvalue weighted by Crippen LogP contribution is 2.57. The first-order valence-corrected chi connectivity index (χ1v) is 24.2. The number of hydrogen-bond acceptors (Lipinski definition) is 19. The lowest BCUT2D eigenvalue weighted by Crippen LogP contribution is -2.36. The predicted molar refractivity (Wildman–Crippen MR) is 226 cm³/mol. The molecule has 3 fully saturated rings. The van der Waals surface area contributed by atoms with E-state index < -0.39 is 99.0 Å². The molecule has 3 aliphatic rings. The van der Waals surface area contributed by atoms with Gasteiger partial charge in [-0.3, -0.25) is 38.3 Å². The van der Waals surface area contributed by atoms with E-state index in [1.54, 1.807) is 44.2 Å². The minimum Gasteiger partial charge on any atom is -0.349 e. The van der Waals surface area contributed by atoms with Gasteiger partial charge in [-0.2, -0.15) is 10.2 Å². The van der Waals surface area contributed by atoms with Gasteiger partial charge in [-0.25, -0.2) is 24.3 Å². The summed E-state index contributed by atoms with van der Waals surface area (Å²) >= 11 is 11.2. The van der Waals surface area contributed by atoms with Crippen molar-refractivity contribution in [3.63, 3.8) is 0 Å². The number of aromatic amines is 1. The number of aromatic nitrogens is 8. The van der Waals surface area contributed by atoms with Gasteiger partial charge in [0.2, 0.25) is 11.9 Å². The van der Waals surface area contributed by atoms with Crippen LogP contribution in [0.1, 0.15) is 43.1 Å². The van der Waals surface area contributed by atoms with Gasteiger partial charge in [0.15, 0.2) is 46.8 Å². The highest BCUT2D eigenvalue weighted by atomic mass is 32.5. The summed E-state index contributed by atoms with van der Waals surface area (Å²) in [6, 6.07) is 8.93. The lowest BCUT2D eigenvalue weighted by Gasteiger charge is -2.30. The number of nitrogens with zero attached hydrogens (tertiary/aromatic N) is 11. The summed E-state index contributed by atoms with van der Waals surface area (Å²) in [5, 5.41) is 18.4. The molecule has 3 saturated heterocycles. The zero-order valence-electron chi connectivity index (χ0n) is 33.2. The number of benzene rings is 1. The largest absolute Gasteiger partial charge is 0.349 e. The number of hydrogen-bond donors (Lipinski definition) is 4. The second-order valence-electron chi connectivity index (χ2n) is 14.4. The molecule has 64 heavy (non-hydrogen) atoms. The molecule has 5 aromatic rings. The van der Waals surface area contributed by atoms with Crippen LogP contribution < -0.4 is 16.2 Å². The summed E-state index contributed by atoms with van der Waals surface area (Å²) in [5.41, 5.74) is 9.21. The number of halogens is 1. The maximum atomic E-state index is 16.8. The Morgan fingerprint density at radius 1 is 1.05 bits per heavy atom. The zero-order chi connectivity index (χ0) is 45.3. The van der Waals surface area contributed by atoms with Crippen molar-refractivity contribution in [3.05, 3.63) is 75.7 Å². The average molecular weight is 961 g/mol. The number of amides is 2. The number of nitrogens with one attached hydrogen (secondary N) is 3. The molecule has 2 amide bonds. The van der Waals surface area contributed by atoms with Crippen molar-refractivity contribution in [2.45, 2.75) is 69.4 Å². The van der Waals surface area contributed by atoms with Crippen molar-refractivity contribution in [2.75, 3.05) is 30.5 Å². The van der Waals surface area contributed by atoms with E-state index in [1.165, 1.54) is 21.8 Å². The molecular formula is C34H35FN14O11P2S2. The molecule has 25 nitrogen and oxygen atoms in total. The molecule has 2 unspecified atom stereocenters. The Bertz CT molecular complexity index is 2840. The summed E-state index contributed by atoms with van der Waals surface area (Å²) in [6.45, 7) is -7.04. The van der Waals surface area contributed by atoms with E-state index in [9.17, 15) is 30.1 Å². The minimum atomic E-state index is -4.46. The van der Waals surface area contributed by atoms with Crippen LogP contribution in [0.5, 0.6) is 0 Å². The smallest absolute Gasteiger partial charge is 0.327 e. The van der Waals surface area contributed by atoms with Crippen LogP contribution in [0, 0.1) is 17.2 Å². The topological polar surface area (TPSA) is 323 Å². The van der Waals surface area contributed by atoms with Crippen LogP contribution in [0.4, 0.5) is 16.2 Å². The number of anilines is 2. The molecule has 0 spiro atoms. The van der Waals surface area contributed by atoms with Gasteiger partial charge in [-0.1, -0.05) is 37.2 Å². The van der Waals surface area contributed by atoms with E-state index in [-0.39, 0.29) is 47.1 Å². The number of alkyl halides is 1. The number of carbonyl (C=O) groups is 2. The third-order valence-electron chi connectivity index (χ3n) is 9.90. The molecule has 4 bridgehead atoms. The van der Waals surface area contributed by atoms with Gasteiger partial charge < -0.3 is 37.8 Å². The van der Waals surface area contributed by atoms with E-state index in [1.807, 2.05) is 6.07 Å². The SMILES string of the molecule is CC(C)C(=O)Nc1nc2c(ncn2[C@@H]2O[C@@H]3COP(O)(=S)O[C@@H]4[C@H](N=[N+]=[N-])[C@@H](COP(=S)(OCCC#N)O[C@@H]2[C@@H]3F)O[C@H]4n2cnc3c(NC(=O)c4ccccc4)ncnc32)c(=O)[nH]1. The van der Waals surface area contributed by atoms with Gasteiger partial charge in [-0.05, 0) is 41.3 Å². The van der Waals surface area contributed by atoms with Crippen molar-refractivity contribution in [1.82, 2.24) is 39.0 Å². The highest BCUT2D eigenvalue weighted by molar-refractivity contribution is 8.07. The molecule has 0 aliphatic carbocycles. The lowest BCUT2D eigenvalue weighted by molar-refractivity contribution is -0.118. The van der Waals surface area contributed by atoms with Crippen LogP contribution in [0.2, 0.25) is 0 Å². The fourth-order valence-corrected chi connectivity index (χ4v) is 10.3. The fraction of sp³-hybridized carbons (Fsp3) is 0.441. The van der Waals surface area contributed by atoms with Gasteiger partial charge in [0, 0.05) is 16.4 Å². The average Bonchev–Trinajstić information content (AvgIpc) is 4.04. The van der Waals surface area contributed by atoms with Crippen LogP contribution >= 0.6 is 13.4 Å². The normalized spacial score (nSPS) is 29.5. The Morgan fingerprint density at radius 2 is 1.75 bits per heavy atom. The molecule has 10 atom stereocenters. The molecule has 3 aliphatic heterocycles. The number of carbonyl (C=O) groups excluding carboxylic acids is 2. The summed E-state index contributed by atoms with van der Waals surface area (Å²) < 4.78 is 61.8. The second-order valence-corrected chi connectivity index (χ2v) is 20.2. The van der Waals surface area contributed by atoms with Crippen LogP contribution in [-0.2, 0) is 60.5 Å². The lowest BCUT2D eigenvalue weighted by atomic mass is 10.1. The molecular weight excluding hydrogens is 926 g/mol. The number of imidazole rings is 2. The minimum absolute atomic E-state index is 0.0413. The number of rotatable bonds is 10. The third-order valence-corrected chi connectivity index (χ3v) is 13.8. The van der Waals surface area contributed by atoms with Crippen LogP contribution in [0.3, 0.4) is 0 Å². The monoisotopic (exact) mass is 960 g/mol. The van der Waals surface area contributed by atoms with Crippen LogP contribution in [0.25, 0.3) is 32.8 Å². The Kier molecular flexibility index (Phi) is 13.3. The Balaban J connectivity index is 1.15. The van der Waals surface area contributed by atoms with Gasteiger partial charge in [-0.15, -0.1) is 0 Å². The summed E-state index contributed by atoms with van der Waals surface area (Å²) in [7, 11) is 0. The van der Waals surface area contributed by atoms with Crippen LogP contribution in [-0.4, -0.2) is 112 Å². The molecule has 0 radical (unpaired) electrons. The first kappa shape index (κ1) is 45.3. The summed E-state index contributed by atoms with van der Waals surface area (Å²) in [6.07, 6.45) is -7.71. The first-order chi connectivity index (χ1) is 30.7. The molecule has 7 heterocycles. The maximum Gasteiger partial charge on any atom is 0.327 e. The van der Waals surface area contributed by atoms with Crippen molar-refractivity contribution in [2.24, 2.45) is 11.0 Å². The highest BCUT2D eigenvalue weighted by Gasteiger charge is 2.54. The molecule has 1 aromatic carbocycles. The predicted octanol–water partition coefficient (Wildman–Crippen LogP) is 3.81. The standard InChI is InChI=1S/C34H35FN14O11P2S2/c1-16(2)29(50)44-34-43-28-23(31(52)45-34)41-15-49(28)32-24-20(35)18(57-32)11-55-61(53,63)59-25-21(46-47-37)19(12-56-62(64,60-24)54-10-6-9-36)58-33(25)48-14-40-22-26(38-13-39-27(22)48)42-30(51)17-7-4-3-5-8-17/h3-5,7-8,13-16,18-21,24-25,32-33H,6,10-12H2,1-2H3,(H,53,63)(H,38,39,42,51)(H2,43,44,45,50,52)/t18-,19-,20-,21-,24-,25-,32-,33-,61?,62?/m1/s1. The van der Waals surface area contributed by atoms with E-state index in [2.05, 4.69) is 50.6 Å². The molecule has 4 aromatic heterocycles. The first-order valence-electron chi connectivity index (χ1n) is 19.1. The van der Waals surface area contributed by atoms with Crippen molar-refractivity contribution >= 4 is 83.0 Å². The Morgan fingerprint density at radius 3 is 2.48 bits per heavy atom. The fourth-order valence-electron chi connectivity index (χ4n) is 6.86. The van der Waals surface area contributed by atoms with E-state index in [0.29, 0.717) is 5.56 Å². The third kappa shape index (κ3) is 9.30. The van der Waals surface area contributed by atoms with Crippen molar-refractivity contribution in [1.29, 1.82) is 5.26 Å². The quantitative estimate of drug-likeness (QED) is 0.0508. The van der Waals surface area contributed by atoms with Gasteiger partial charge in [0.05, 0.1) is 57.1 Å². The summed E-state index contributed by atoms with van der Waals surface area (Å²) in [4.78, 5) is 76.9. The number of azide groups is 1. The van der Waals surface area contributed by atoms with E-state index in [4.69, 9.17) is 55.7 Å². The molecule has 8 rings (SSSR count). The second kappa shape index (κ2) is 18.7. The number of ether oxygens (including phenoxy) is 2. The number of H-pyrrole nitrogens is 1. The molecule has 0 saturated carbocycles. The molecule has 30 heteroatoms. The van der Waals surface area contributed by atoms with Crippen molar-refractivity contribution in [3.8, 4) is 6.07 Å². The summed E-state index contributed by atoms with van der Waals surface area (Å²) in [5.74, 6) is -1.61. The molecule has 336 valence electrons. The number of fused-ring (bicyclic) bond motifs is 6. The van der Waals surface area contributed by atoms with Crippen LogP contribution in [0.15, 0.2) is 59.2 Å². The zero-order valence-corrected chi connectivity index (χ0v) is 36.6.